The molecule has 2 saturated heterocycles. The van der Waals surface area contributed by atoms with Crippen molar-refractivity contribution < 1.29 is 14.3 Å². The molecular formula is C32H43N3O3. The van der Waals surface area contributed by atoms with Gasteiger partial charge < -0.3 is 9.47 Å². The van der Waals surface area contributed by atoms with Crippen LogP contribution in [-0.2, 0) is 17.9 Å². The van der Waals surface area contributed by atoms with Crippen LogP contribution in [0.1, 0.15) is 75.3 Å². The molecule has 2 aromatic rings. The largest absolute Gasteiger partial charge is 0.494 e. The molecule has 0 bridgehead atoms. The van der Waals surface area contributed by atoms with Crippen molar-refractivity contribution in [1.29, 1.82) is 5.26 Å². The number of carbonyl (C=O) groups excluding carboxylic acids is 1. The van der Waals surface area contributed by atoms with Gasteiger partial charge in [-0.3, -0.25) is 14.6 Å². The first-order valence-electron chi connectivity index (χ1n) is 14.5. The van der Waals surface area contributed by atoms with Gasteiger partial charge in [-0.05, 0) is 93.7 Å². The zero-order valence-electron chi connectivity index (χ0n) is 22.8. The maximum Gasteiger partial charge on any atom is 0.173 e. The van der Waals surface area contributed by atoms with Crippen LogP contribution < -0.4 is 9.47 Å². The van der Waals surface area contributed by atoms with Gasteiger partial charge >= 0.3 is 0 Å². The predicted octanol–water partition coefficient (Wildman–Crippen LogP) is 6.14. The van der Waals surface area contributed by atoms with Crippen LogP contribution in [0, 0.1) is 11.3 Å². The normalized spacial score (nSPS) is 17.4. The fourth-order valence-electron chi connectivity index (χ4n) is 5.45. The fourth-order valence-corrected chi connectivity index (χ4v) is 5.45. The van der Waals surface area contributed by atoms with Gasteiger partial charge in [-0.2, -0.15) is 5.26 Å². The Hall–Kier alpha value is -2.88. The summed E-state index contributed by atoms with van der Waals surface area (Å²) in [5.41, 5.74) is 2.47. The van der Waals surface area contributed by atoms with E-state index in [9.17, 15) is 4.79 Å². The molecule has 2 heterocycles. The van der Waals surface area contributed by atoms with Crippen LogP contribution in [0.15, 0.2) is 48.5 Å². The van der Waals surface area contributed by atoms with E-state index in [0.29, 0.717) is 38.0 Å². The number of carbonyl (C=O) groups is 1. The van der Waals surface area contributed by atoms with Crippen LogP contribution in [0.3, 0.4) is 0 Å². The monoisotopic (exact) mass is 517 g/mol. The minimum Gasteiger partial charge on any atom is -0.494 e. The third kappa shape index (κ3) is 9.45. The first kappa shape index (κ1) is 28.1. The van der Waals surface area contributed by atoms with Gasteiger partial charge in [0.1, 0.15) is 11.5 Å². The number of piperidine rings is 2. The highest BCUT2D eigenvalue weighted by atomic mass is 16.5. The van der Waals surface area contributed by atoms with Crippen molar-refractivity contribution in [3.8, 4) is 17.6 Å². The van der Waals surface area contributed by atoms with Crippen LogP contribution >= 0.6 is 0 Å². The van der Waals surface area contributed by atoms with E-state index in [1.54, 1.807) is 0 Å². The lowest BCUT2D eigenvalue weighted by Crippen LogP contribution is -2.29. The van der Waals surface area contributed by atoms with Gasteiger partial charge in [-0.1, -0.05) is 37.1 Å². The van der Waals surface area contributed by atoms with Crippen LogP contribution in [0.4, 0.5) is 0 Å². The molecule has 4 rings (SSSR count). The van der Waals surface area contributed by atoms with Crippen molar-refractivity contribution >= 4 is 5.78 Å². The highest BCUT2D eigenvalue weighted by Gasteiger charge is 2.20. The number of ketones is 1. The second-order valence-corrected chi connectivity index (χ2v) is 10.7. The molecular weight excluding hydrogens is 474 g/mol. The van der Waals surface area contributed by atoms with E-state index in [4.69, 9.17) is 14.7 Å². The maximum absolute atomic E-state index is 13.0. The average Bonchev–Trinajstić information content (AvgIpc) is 2.95. The second kappa shape index (κ2) is 15.5. The first-order valence-corrected chi connectivity index (χ1v) is 14.5. The molecule has 0 radical (unpaired) electrons. The third-order valence-corrected chi connectivity index (χ3v) is 7.50. The topological polar surface area (TPSA) is 65.8 Å². The standard InChI is InChI=1S/C32H43N3O3/c33-17-9-16-32(38-30-14-8-12-28(24-30)26-35-20-5-2-6-21-35)31(36)15-10-22-37-29-13-7-11-27(23-29)25-34-18-3-1-4-19-34/h7-8,11-14,23-24,32H,1-6,9-10,15-16,18-22,25-26H2. The number of rotatable bonds is 14. The van der Waals surface area contributed by atoms with E-state index >= 15 is 0 Å². The summed E-state index contributed by atoms with van der Waals surface area (Å²) in [5, 5.41) is 9.11. The van der Waals surface area contributed by atoms with E-state index in [-0.39, 0.29) is 5.78 Å². The SMILES string of the molecule is N#CCCC(Oc1cccc(CN2CCCCC2)c1)C(=O)CCCOc1cccc(CN2CCCCC2)c1. The lowest BCUT2D eigenvalue weighted by Gasteiger charge is -2.26. The van der Waals surface area contributed by atoms with E-state index in [0.717, 1.165) is 31.9 Å². The Morgan fingerprint density at radius 3 is 2.03 bits per heavy atom. The number of hydrogen-bond acceptors (Lipinski definition) is 6. The molecule has 2 aliphatic heterocycles. The second-order valence-electron chi connectivity index (χ2n) is 10.7. The Morgan fingerprint density at radius 1 is 0.842 bits per heavy atom. The summed E-state index contributed by atoms with van der Waals surface area (Å²) >= 11 is 0. The minimum atomic E-state index is -0.604. The van der Waals surface area contributed by atoms with Crippen molar-refractivity contribution in [2.24, 2.45) is 0 Å². The summed E-state index contributed by atoms with van der Waals surface area (Å²) in [6.07, 6.45) is 8.84. The molecule has 2 fully saturated rings. The van der Waals surface area contributed by atoms with Gasteiger partial charge in [0.05, 0.1) is 12.7 Å². The Bertz CT molecular complexity index is 1040. The summed E-state index contributed by atoms with van der Waals surface area (Å²) in [6, 6.07) is 18.5. The molecule has 0 saturated carbocycles. The summed E-state index contributed by atoms with van der Waals surface area (Å²) in [6.45, 7) is 6.97. The number of nitriles is 1. The number of hydrogen-bond donors (Lipinski definition) is 0. The van der Waals surface area contributed by atoms with E-state index in [1.165, 1.54) is 62.7 Å². The Labute approximate surface area is 228 Å². The predicted molar refractivity (Wildman–Crippen MR) is 150 cm³/mol. The molecule has 2 aromatic carbocycles. The van der Waals surface area contributed by atoms with Crippen molar-refractivity contribution in [1.82, 2.24) is 9.80 Å². The quantitative estimate of drug-likeness (QED) is 0.281. The number of likely N-dealkylation sites (tertiary alicyclic amines) is 2. The van der Waals surface area contributed by atoms with Gasteiger partial charge in [-0.25, -0.2) is 0 Å². The first-order chi connectivity index (χ1) is 18.7. The van der Waals surface area contributed by atoms with Crippen molar-refractivity contribution in [2.45, 2.75) is 83.4 Å². The van der Waals surface area contributed by atoms with Gasteiger partial charge in [0.15, 0.2) is 11.9 Å². The molecule has 0 aromatic heterocycles. The molecule has 2 aliphatic rings. The van der Waals surface area contributed by atoms with Crippen LogP contribution in [-0.4, -0.2) is 54.5 Å². The van der Waals surface area contributed by atoms with Crippen molar-refractivity contribution in [3.63, 3.8) is 0 Å². The van der Waals surface area contributed by atoms with Gasteiger partial charge in [0.25, 0.3) is 0 Å². The average molecular weight is 518 g/mol. The number of nitrogens with zero attached hydrogens (tertiary/aromatic N) is 3. The Balaban J connectivity index is 1.24. The van der Waals surface area contributed by atoms with Gasteiger partial charge in [0.2, 0.25) is 0 Å². The molecule has 38 heavy (non-hydrogen) atoms. The van der Waals surface area contributed by atoms with E-state index < -0.39 is 6.10 Å². The molecule has 0 amide bonds. The fraction of sp³-hybridized carbons (Fsp3) is 0.562. The lowest BCUT2D eigenvalue weighted by molar-refractivity contribution is -0.126. The minimum absolute atomic E-state index is 0.0316. The van der Waals surface area contributed by atoms with Crippen LogP contribution in [0.2, 0.25) is 0 Å². The zero-order chi connectivity index (χ0) is 26.4. The third-order valence-electron chi connectivity index (χ3n) is 7.50. The molecule has 0 spiro atoms. The molecule has 6 nitrogen and oxygen atoms in total. The summed E-state index contributed by atoms with van der Waals surface area (Å²) in [5.74, 6) is 1.59. The number of ether oxygens (including phenoxy) is 2. The molecule has 0 aliphatic carbocycles. The molecule has 6 heteroatoms. The molecule has 204 valence electrons. The maximum atomic E-state index is 13.0. The van der Waals surface area contributed by atoms with Crippen LogP contribution in [0.25, 0.3) is 0 Å². The van der Waals surface area contributed by atoms with Gasteiger partial charge in [-0.15, -0.1) is 0 Å². The van der Waals surface area contributed by atoms with Crippen molar-refractivity contribution in [2.75, 3.05) is 32.8 Å². The van der Waals surface area contributed by atoms with Gasteiger partial charge in [0, 0.05) is 32.4 Å². The molecule has 1 atom stereocenters. The highest BCUT2D eigenvalue weighted by molar-refractivity contribution is 5.83. The smallest absolute Gasteiger partial charge is 0.173 e. The van der Waals surface area contributed by atoms with E-state index in [2.05, 4.69) is 34.1 Å². The highest BCUT2D eigenvalue weighted by Crippen LogP contribution is 2.21. The number of benzene rings is 2. The Kier molecular flexibility index (Phi) is 11.5. The summed E-state index contributed by atoms with van der Waals surface area (Å²) in [4.78, 5) is 18.0. The van der Waals surface area contributed by atoms with Crippen molar-refractivity contribution in [3.05, 3.63) is 59.7 Å². The summed E-state index contributed by atoms with van der Waals surface area (Å²) < 4.78 is 12.1. The summed E-state index contributed by atoms with van der Waals surface area (Å²) in [7, 11) is 0. The molecule has 0 N–H and O–H groups in total. The Morgan fingerprint density at radius 2 is 1.42 bits per heavy atom. The zero-order valence-corrected chi connectivity index (χ0v) is 22.8. The molecule has 1 unspecified atom stereocenters. The number of Topliss-reactive ketones (excluding diaryl/α,β-unsaturated/α-hetero) is 1. The lowest BCUT2D eigenvalue weighted by atomic mass is 10.1. The van der Waals surface area contributed by atoms with Crippen LogP contribution in [0.5, 0.6) is 11.5 Å². The van der Waals surface area contributed by atoms with E-state index in [1.807, 2.05) is 30.3 Å².